The lowest BCUT2D eigenvalue weighted by Gasteiger charge is -2.17. The molecular weight excluding hydrogens is 218 g/mol. The van der Waals surface area contributed by atoms with Gasteiger partial charge in [0.05, 0.1) is 11.0 Å². The van der Waals surface area contributed by atoms with Crippen molar-refractivity contribution in [3.8, 4) is 11.5 Å². The predicted molar refractivity (Wildman–Crippen MR) is 64.6 cm³/mol. The molecule has 1 atom stereocenters. The molecule has 5 nitrogen and oxygen atoms in total. The fourth-order valence-corrected chi connectivity index (χ4v) is 1.91. The van der Waals surface area contributed by atoms with Crippen LogP contribution in [0.15, 0.2) is 12.1 Å². The Labute approximate surface area is 98.9 Å². The van der Waals surface area contributed by atoms with Gasteiger partial charge in [-0.1, -0.05) is 6.92 Å². The number of rotatable bonds is 2. The minimum Gasteiger partial charge on any atom is -0.486 e. The van der Waals surface area contributed by atoms with E-state index in [1.807, 2.05) is 19.1 Å². The summed E-state index contributed by atoms with van der Waals surface area (Å²) in [6, 6.07) is 3.84. The van der Waals surface area contributed by atoms with Crippen LogP contribution in [0.4, 0.5) is 0 Å². The smallest absolute Gasteiger partial charge is 0.163 e. The molecule has 0 saturated heterocycles. The molecule has 0 saturated carbocycles. The highest BCUT2D eigenvalue weighted by Crippen LogP contribution is 2.34. The second kappa shape index (κ2) is 3.92. The van der Waals surface area contributed by atoms with Gasteiger partial charge in [-0.2, -0.15) is 0 Å². The Hall–Kier alpha value is -1.75. The van der Waals surface area contributed by atoms with E-state index in [9.17, 15) is 0 Å². The molecule has 0 bridgehead atoms. The molecule has 1 aliphatic rings. The molecule has 3 N–H and O–H groups in total. The molecule has 1 aromatic carbocycles. The summed E-state index contributed by atoms with van der Waals surface area (Å²) in [7, 11) is 0. The van der Waals surface area contributed by atoms with Crippen LogP contribution in [0.2, 0.25) is 0 Å². The van der Waals surface area contributed by atoms with Gasteiger partial charge in [0.25, 0.3) is 0 Å². The van der Waals surface area contributed by atoms with Crippen LogP contribution in [-0.2, 0) is 0 Å². The van der Waals surface area contributed by atoms with E-state index in [0.717, 1.165) is 28.4 Å². The number of nitrogens with one attached hydrogen (secondary N) is 1. The molecule has 90 valence electrons. The van der Waals surface area contributed by atoms with Crippen LogP contribution < -0.4 is 15.2 Å². The Kier molecular flexibility index (Phi) is 2.40. The summed E-state index contributed by atoms with van der Waals surface area (Å²) >= 11 is 0. The first kappa shape index (κ1) is 10.4. The van der Waals surface area contributed by atoms with Gasteiger partial charge in [-0.25, -0.2) is 4.98 Å². The third-order valence-corrected chi connectivity index (χ3v) is 2.98. The van der Waals surface area contributed by atoms with Crippen molar-refractivity contribution in [2.75, 3.05) is 19.8 Å². The Morgan fingerprint density at radius 1 is 1.35 bits per heavy atom. The first-order valence-electron chi connectivity index (χ1n) is 5.77. The van der Waals surface area contributed by atoms with Crippen molar-refractivity contribution in [2.24, 2.45) is 5.73 Å². The van der Waals surface area contributed by atoms with Crippen molar-refractivity contribution in [2.45, 2.75) is 12.8 Å². The molecule has 2 heterocycles. The lowest BCUT2D eigenvalue weighted by molar-refractivity contribution is 0.172. The van der Waals surface area contributed by atoms with Gasteiger partial charge >= 0.3 is 0 Å². The zero-order valence-electron chi connectivity index (χ0n) is 9.69. The number of nitrogens with two attached hydrogens (primary N) is 1. The highest BCUT2D eigenvalue weighted by Gasteiger charge is 2.16. The number of aromatic nitrogens is 2. The molecule has 0 spiro atoms. The van der Waals surface area contributed by atoms with E-state index in [-0.39, 0.29) is 5.92 Å². The molecular formula is C12H15N3O2. The van der Waals surface area contributed by atoms with E-state index in [1.165, 1.54) is 0 Å². The number of aromatic amines is 1. The van der Waals surface area contributed by atoms with Gasteiger partial charge in [0.1, 0.15) is 19.0 Å². The highest BCUT2D eigenvalue weighted by molar-refractivity contribution is 5.80. The Morgan fingerprint density at radius 2 is 2.06 bits per heavy atom. The van der Waals surface area contributed by atoms with Crippen LogP contribution in [0, 0.1) is 0 Å². The summed E-state index contributed by atoms with van der Waals surface area (Å²) < 4.78 is 11.1. The number of ether oxygens (including phenoxy) is 2. The third kappa shape index (κ3) is 1.72. The van der Waals surface area contributed by atoms with Crippen LogP contribution in [0.5, 0.6) is 11.5 Å². The Morgan fingerprint density at radius 3 is 2.76 bits per heavy atom. The SMILES string of the molecule is CC(CN)c1nc2cc3c(cc2[nH]1)OCCO3. The fourth-order valence-electron chi connectivity index (χ4n) is 1.91. The first-order chi connectivity index (χ1) is 8.28. The predicted octanol–water partition coefficient (Wildman–Crippen LogP) is 1.40. The zero-order chi connectivity index (χ0) is 11.8. The maximum atomic E-state index is 5.64. The molecule has 1 unspecified atom stereocenters. The molecule has 1 aromatic heterocycles. The second-order valence-corrected chi connectivity index (χ2v) is 4.27. The topological polar surface area (TPSA) is 73.2 Å². The molecule has 5 heteroatoms. The maximum absolute atomic E-state index is 5.64. The minimum absolute atomic E-state index is 0.223. The quantitative estimate of drug-likeness (QED) is 0.822. The van der Waals surface area contributed by atoms with Crippen molar-refractivity contribution in [3.05, 3.63) is 18.0 Å². The lowest BCUT2D eigenvalue weighted by Crippen LogP contribution is -2.15. The Bertz CT molecular complexity index is 507. The molecule has 2 aromatic rings. The number of hydrogen-bond donors (Lipinski definition) is 2. The van der Waals surface area contributed by atoms with Crippen LogP contribution in [0.3, 0.4) is 0 Å². The van der Waals surface area contributed by atoms with E-state index in [1.54, 1.807) is 0 Å². The van der Waals surface area contributed by atoms with Gasteiger partial charge < -0.3 is 20.2 Å². The van der Waals surface area contributed by atoms with E-state index in [0.29, 0.717) is 19.8 Å². The zero-order valence-corrected chi connectivity index (χ0v) is 9.69. The highest BCUT2D eigenvalue weighted by atomic mass is 16.6. The van der Waals surface area contributed by atoms with Crippen LogP contribution in [-0.4, -0.2) is 29.7 Å². The van der Waals surface area contributed by atoms with Gasteiger partial charge in [-0.05, 0) is 0 Å². The first-order valence-corrected chi connectivity index (χ1v) is 5.77. The largest absolute Gasteiger partial charge is 0.486 e. The molecule has 17 heavy (non-hydrogen) atoms. The van der Waals surface area contributed by atoms with Crippen molar-refractivity contribution in [1.29, 1.82) is 0 Å². The normalized spacial score (nSPS) is 16.1. The molecule has 0 radical (unpaired) electrons. The second-order valence-electron chi connectivity index (χ2n) is 4.27. The molecule has 3 rings (SSSR count). The summed E-state index contributed by atoms with van der Waals surface area (Å²) in [4.78, 5) is 7.79. The van der Waals surface area contributed by atoms with Gasteiger partial charge in [0.2, 0.25) is 0 Å². The number of H-pyrrole nitrogens is 1. The van der Waals surface area contributed by atoms with Crippen molar-refractivity contribution >= 4 is 11.0 Å². The fraction of sp³-hybridized carbons (Fsp3) is 0.417. The number of fused-ring (bicyclic) bond motifs is 2. The summed E-state index contributed by atoms with van der Waals surface area (Å²) in [5.74, 6) is 2.67. The van der Waals surface area contributed by atoms with Gasteiger partial charge in [-0.3, -0.25) is 0 Å². The number of imidazole rings is 1. The number of hydrogen-bond acceptors (Lipinski definition) is 4. The number of nitrogens with zero attached hydrogens (tertiary/aromatic N) is 1. The van der Waals surface area contributed by atoms with Crippen molar-refractivity contribution in [1.82, 2.24) is 9.97 Å². The van der Waals surface area contributed by atoms with Crippen molar-refractivity contribution < 1.29 is 9.47 Å². The van der Waals surface area contributed by atoms with Crippen LogP contribution in [0.25, 0.3) is 11.0 Å². The summed E-state index contributed by atoms with van der Waals surface area (Å²) in [6.45, 7) is 3.81. The molecule has 1 aliphatic heterocycles. The monoisotopic (exact) mass is 233 g/mol. The summed E-state index contributed by atoms with van der Waals surface area (Å²) in [5, 5.41) is 0. The maximum Gasteiger partial charge on any atom is 0.163 e. The van der Waals surface area contributed by atoms with E-state index >= 15 is 0 Å². The molecule has 0 amide bonds. The molecule has 0 aliphatic carbocycles. The number of benzene rings is 1. The van der Waals surface area contributed by atoms with Gasteiger partial charge in [-0.15, -0.1) is 0 Å². The van der Waals surface area contributed by atoms with Crippen LogP contribution in [0.1, 0.15) is 18.7 Å². The average molecular weight is 233 g/mol. The summed E-state index contributed by atoms with van der Waals surface area (Å²) in [6.07, 6.45) is 0. The van der Waals surface area contributed by atoms with E-state index in [4.69, 9.17) is 15.2 Å². The van der Waals surface area contributed by atoms with Gasteiger partial charge in [0, 0.05) is 24.6 Å². The van der Waals surface area contributed by atoms with E-state index < -0.39 is 0 Å². The average Bonchev–Trinajstić information content (AvgIpc) is 2.77. The Balaban J connectivity index is 2.09. The van der Waals surface area contributed by atoms with Gasteiger partial charge in [0.15, 0.2) is 11.5 Å². The standard InChI is InChI=1S/C12H15N3O2/c1-7(6-13)12-14-8-4-10-11(5-9(8)15-12)17-3-2-16-10/h4-5,7H,2-3,6,13H2,1H3,(H,14,15). The molecule has 0 fully saturated rings. The minimum atomic E-state index is 0.223. The van der Waals surface area contributed by atoms with E-state index in [2.05, 4.69) is 9.97 Å². The van der Waals surface area contributed by atoms with Crippen LogP contribution >= 0.6 is 0 Å². The lowest BCUT2D eigenvalue weighted by atomic mass is 10.2. The summed E-state index contributed by atoms with van der Waals surface area (Å²) in [5.41, 5.74) is 7.49. The third-order valence-electron chi connectivity index (χ3n) is 2.98. The van der Waals surface area contributed by atoms with Crippen molar-refractivity contribution in [3.63, 3.8) is 0 Å².